The van der Waals surface area contributed by atoms with E-state index in [0.29, 0.717) is 6.54 Å². The Bertz CT molecular complexity index is 540. The second-order valence-corrected chi connectivity index (χ2v) is 5.24. The van der Waals surface area contributed by atoms with E-state index in [-0.39, 0.29) is 6.61 Å². The minimum Gasteiger partial charge on any atom is -0.491 e. The molecule has 20 heavy (non-hydrogen) atoms. The van der Waals surface area contributed by atoms with Crippen LogP contribution in [0, 0.1) is 0 Å². The number of benzene rings is 2. The highest BCUT2D eigenvalue weighted by Gasteiger charge is 2.03. The molecule has 0 fully saturated rings. The summed E-state index contributed by atoms with van der Waals surface area (Å²) in [5, 5.41) is 9.79. The first-order valence-corrected chi connectivity index (χ1v) is 7.14. The molecule has 0 aliphatic carbocycles. The number of aliphatic hydroxyl groups is 1. The highest BCUT2D eigenvalue weighted by molar-refractivity contribution is 9.10. The average molecular weight is 334 g/mol. The van der Waals surface area contributed by atoms with Gasteiger partial charge < -0.3 is 9.84 Å². The molecule has 0 heterocycles. The van der Waals surface area contributed by atoms with Gasteiger partial charge in [0.25, 0.3) is 0 Å². The van der Waals surface area contributed by atoms with E-state index >= 15 is 0 Å². The quantitative estimate of drug-likeness (QED) is 0.824. The fourth-order valence-corrected chi connectivity index (χ4v) is 1.85. The van der Waals surface area contributed by atoms with Crippen molar-refractivity contribution in [2.24, 2.45) is 4.99 Å². The molecule has 0 saturated heterocycles. The lowest BCUT2D eigenvalue weighted by Crippen LogP contribution is -2.20. The van der Waals surface area contributed by atoms with Gasteiger partial charge in [0, 0.05) is 10.7 Å². The van der Waals surface area contributed by atoms with Crippen LogP contribution in [-0.4, -0.2) is 30.6 Å². The topological polar surface area (TPSA) is 41.8 Å². The third-order valence-corrected chi connectivity index (χ3v) is 3.14. The Kier molecular flexibility index (Phi) is 5.77. The van der Waals surface area contributed by atoms with Crippen LogP contribution in [0.15, 0.2) is 64.1 Å². The average Bonchev–Trinajstić information content (AvgIpc) is 2.48. The Balaban J connectivity index is 1.74. The summed E-state index contributed by atoms with van der Waals surface area (Å²) in [5.41, 5.74) is 1.00. The van der Waals surface area contributed by atoms with Crippen LogP contribution in [0.5, 0.6) is 5.75 Å². The van der Waals surface area contributed by atoms with Gasteiger partial charge in [0.2, 0.25) is 0 Å². The molecule has 1 unspecified atom stereocenters. The summed E-state index contributed by atoms with van der Waals surface area (Å²) in [6, 6.07) is 17.3. The normalized spacial score (nSPS) is 12.5. The monoisotopic (exact) mass is 333 g/mol. The summed E-state index contributed by atoms with van der Waals surface area (Å²) in [6.45, 7) is 0.560. The zero-order chi connectivity index (χ0) is 14.2. The van der Waals surface area contributed by atoms with E-state index in [0.717, 1.165) is 15.8 Å². The van der Waals surface area contributed by atoms with Crippen molar-refractivity contribution < 1.29 is 9.84 Å². The van der Waals surface area contributed by atoms with Gasteiger partial charge in [-0.2, -0.15) is 0 Å². The molecule has 2 aromatic rings. The van der Waals surface area contributed by atoms with Gasteiger partial charge in [0.1, 0.15) is 18.5 Å². The maximum absolute atomic E-state index is 9.79. The summed E-state index contributed by atoms with van der Waals surface area (Å²) in [4.78, 5) is 4.21. The van der Waals surface area contributed by atoms with Crippen LogP contribution in [0.4, 0.5) is 0 Å². The minimum absolute atomic E-state index is 0.238. The number of halogens is 1. The van der Waals surface area contributed by atoms with Crippen LogP contribution in [0.3, 0.4) is 0 Å². The molecule has 2 rings (SSSR count). The summed E-state index contributed by atoms with van der Waals surface area (Å²) < 4.78 is 6.49. The van der Waals surface area contributed by atoms with E-state index in [1.165, 1.54) is 0 Å². The molecule has 104 valence electrons. The van der Waals surface area contributed by atoms with Gasteiger partial charge in [0.05, 0.1) is 6.54 Å². The zero-order valence-electron chi connectivity index (χ0n) is 10.9. The summed E-state index contributed by atoms with van der Waals surface area (Å²) in [7, 11) is 0. The molecule has 0 aromatic heterocycles. The van der Waals surface area contributed by atoms with E-state index in [2.05, 4.69) is 20.9 Å². The molecule has 0 amide bonds. The fraction of sp³-hybridized carbons (Fsp3) is 0.188. The first-order valence-electron chi connectivity index (χ1n) is 6.35. The minimum atomic E-state index is -0.609. The van der Waals surface area contributed by atoms with Crippen molar-refractivity contribution in [3.63, 3.8) is 0 Å². The first kappa shape index (κ1) is 14.8. The molecule has 2 aromatic carbocycles. The van der Waals surface area contributed by atoms with Gasteiger partial charge in [-0.05, 0) is 29.8 Å². The second-order valence-electron chi connectivity index (χ2n) is 4.32. The third kappa shape index (κ3) is 5.15. The molecule has 0 aliphatic rings. The number of aliphatic hydroxyl groups excluding tert-OH is 1. The van der Waals surface area contributed by atoms with Crippen LogP contribution >= 0.6 is 15.9 Å². The van der Waals surface area contributed by atoms with Crippen LogP contribution in [-0.2, 0) is 0 Å². The van der Waals surface area contributed by atoms with Gasteiger partial charge in [-0.25, -0.2) is 0 Å². The van der Waals surface area contributed by atoms with Gasteiger partial charge >= 0.3 is 0 Å². The number of hydrogen-bond donors (Lipinski definition) is 1. The Hall–Kier alpha value is -1.65. The van der Waals surface area contributed by atoms with Gasteiger partial charge in [-0.15, -0.1) is 0 Å². The number of ether oxygens (including phenoxy) is 1. The maximum Gasteiger partial charge on any atom is 0.119 e. The maximum atomic E-state index is 9.79. The van der Waals surface area contributed by atoms with Crippen LogP contribution in [0.25, 0.3) is 0 Å². The van der Waals surface area contributed by atoms with Crippen molar-refractivity contribution in [3.8, 4) is 5.75 Å². The summed E-state index contributed by atoms with van der Waals surface area (Å²) in [6.07, 6.45) is 1.14. The zero-order valence-corrected chi connectivity index (χ0v) is 12.5. The van der Waals surface area contributed by atoms with Crippen molar-refractivity contribution in [2.75, 3.05) is 13.2 Å². The van der Waals surface area contributed by atoms with Crippen molar-refractivity contribution in [1.82, 2.24) is 0 Å². The molecule has 0 saturated carbocycles. The van der Waals surface area contributed by atoms with Crippen LogP contribution in [0.2, 0.25) is 0 Å². The van der Waals surface area contributed by atoms with E-state index in [4.69, 9.17) is 4.74 Å². The largest absolute Gasteiger partial charge is 0.491 e. The molecule has 0 spiro atoms. The van der Waals surface area contributed by atoms with E-state index in [1.54, 1.807) is 6.21 Å². The third-order valence-electron chi connectivity index (χ3n) is 2.61. The first-order chi connectivity index (χ1) is 9.74. The molecule has 3 nitrogen and oxygen atoms in total. The summed E-state index contributed by atoms with van der Waals surface area (Å²) >= 11 is 3.38. The van der Waals surface area contributed by atoms with Gasteiger partial charge in [0.15, 0.2) is 0 Å². The number of nitrogens with zero attached hydrogens (tertiary/aromatic N) is 1. The van der Waals surface area contributed by atoms with Gasteiger partial charge in [-0.1, -0.05) is 46.3 Å². The van der Waals surface area contributed by atoms with Crippen LogP contribution < -0.4 is 4.74 Å². The van der Waals surface area contributed by atoms with Crippen molar-refractivity contribution in [2.45, 2.75) is 6.10 Å². The fourth-order valence-electron chi connectivity index (χ4n) is 1.59. The van der Waals surface area contributed by atoms with Crippen molar-refractivity contribution in [3.05, 3.63) is 64.6 Å². The Morgan fingerprint density at radius 2 is 1.80 bits per heavy atom. The molecule has 1 atom stereocenters. The summed E-state index contributed by atoms with van der Waals surface area (Å²) in [5.74, 6) is 0.753. The Labute approximate surface area is 127 Å². The highest BCUT2D eigenvalue weighted by atomic mass is 79.9. The lowest BCUT2D eigenvalue weighted by molar-refractivity contribution is 0.114. The molecule has 1 N–H and O–H groups in total. The predicted octanol–water partition coefficient (Wildman–Crippen LogP) is 3.31. The Morgan fingerprint density at radius 1 is 1.10 bits per heavy atom. The lowest BCUT2D eigenvalue weighted by atomic mass is 10.2. The highest BCUT2D eigenvalue weighted by Crippen LogP contribution is 2.10. The smallest absolute Gasteiger partial charge is 0.119 e. The number of para-hydroxylation sites is 1. The van der Waals surface area contributed by atoms with Gasteiger partial charge in [-0.3, -0.25) is 4.99 Å². The molecular weight excluding hydrogens is 318 g/mol. The molecule has 4 heteroatoms. The molecule has 0 aliphatic heterocycles. The molecular formula is C16H16BrNO2. The standard InChI is InChI=1S/C16H16BrNO2/c17-14-8-6-13(7-9-14)10-18-11-15(19)12-20-16-4-2-1-3-5-16/h1-10,15,19H,11-12H2. The van der Waals surface area contributed by atoms with E-state index < -0.39 is 6.10 Å². The van der Waals surface area contributed by atoms with E-state index in [1.807, 2.05) is 54.6 Å². The molecule has 0 radical (unpaired) electrons. The van der Waals surface area contributed by atoms with Crippen molar-refractivity contribution in [1.29, 1.82) is 0 Å². The number of rotatable bonds is 6. The SMILES string of the molecule is OC(CN=Cc1ccc(Br)cc1)COc1ccccc1. The lowest BCUT2D eigenvalue weighted by Gasteiger charge is -2.09. The van der Waals surface area contributed by atoms with E-state index in [9.17, 15) is 5.11 Å². The number of hydrogen-bond acceptors (Lipinski definition) is 3. The number of aliphatic imine (C=N–C) groups is 1. The Morgan fingerprint density at radius 3 is 2.50 bits per heavy atom. The van der Waals surface area contributed by atoms with Crippen LogP contribution in [0.1, 0.15) is 5.56 Å². The molecule has 0 bridgehead atoms. The predicted molar refractivity (Wildman–Crippen MR) is 84.5 cm³/mol. The second kappa shape index (κ2) is 7.82. The van der Waals surface area contributed by atoms with Crippen molar-refractivity contribution >= 4 is 22.1 Å².